The summed E-state index contributed by atoms with van der Waals surface area (Å²) in [5, 5.41) is 63.4. The van der Waals surface area contributed by atoms with Crippen LogP contribution in [0.25, 0.3) is 12.2 Å². The van der Waals surface area contributed by atoms with Crippen LogP contribution in [-0.4, -0.2) is 78.9 Å². The third kappa shape index (κ3) is 6.80. The molecule has 6 rings (SSSR count). The van der Waals surface area contributed by atoms with Gasteiger partial charge in [0.15, 0.2) is 11.6 Å². The standard InChI is InChI=1S/C39H36O12/c1-19-33(43)37(47)38(48)39(49-19)51-29-16-27-32(34(44)26(29)14-22-9-6-10-23(13-22)17-40)36(46)30-24(18-41)15-28(50-20(2)42)25(31(30)35(27)45)12-11-21-7-4-3-5-8-21/h3-13,15-16,19,33,37-41,43-44,47-48H,14,17-18H2,1-2H3/b12-11+/t19-,33+,37+,38+,39+/m0/s1. The van der Waals surface area contributed by atoms with E-state index in [9.17, 15) is 45.0 Å². The van der Waals surface area contributed by atoms with E-state index in [4.69, 9.17) is 14.2 Å². The maximum absolute atomic E-state index is 14.6. The maximum atomic E-state index is 14.6. The second-order valence-corrected chi connectivity index (χ2v) is 12.4. The zero-order valence-electron chi connectivity index (χ0n) is 27.6. The van der Waals surface area contributed by atoms with Crippen molar-refractivity contribution < 1.29 is 59.2 Å². The van der Waals surface area contributed by atoms with E-state index >= 15 is 0 Å². The van der Waals surface area contributed by atoms with Crippen LogP contribution >= 0.6 is 0 Å². The van der Waals surface area contributed by atoms with Gasteiger partial charge in [0.05, 0.1) is 24.9 Å². The van der Waals surface area contributed by atoms with E-state index < -0.39 is 60.6 Å². The normalized spacial score (nSPS) is 21.4. The Bertz CT molecular complexity index is 2040. The smallest absolute Gasteiger partial charge is 0.308 e. The van der Waals surface area contributed by atoms with Crippen LogP contribution in [0.5, 0.6) is 17.2 Å². The molecule has 12 heteroatoms. The fourth-order valence-electron chi connectivity index (χ4n) is 6.40. The van der Waals surface area contributed by atoms with E-state index in [1.54, 1.807) is 54.6 Å². The number of hydrogen-bond acceptors (Lipinski definition) is 12. The summed E-state index contributed by atoms with van der Waals surface area (Å²) in [5.74, 6) is -3.14. The molecule has 6 N–H and O–H groups in total. The number of esters is 1. The summed E-state index contributed by atoms with van der Waals surface area (Å²) >= 11 is 0. The number of hydrogen-bond donors (Lipinski definition) is 6. The highest BCUT2D eigenvalue weighted by Gasteiger charge is 2.44. The van der Waals surface area contributed by atoms with Gasteiger partial charge in [0, 0.05) is 41.2 Å². The molecule has 2 aliphatic rings. The van der Waals surface area contributed by atoms with Gasteiger partial charge in [0.1, 0.15) is 35.6 Å². The number of carbonyl (C=O) groups excluding carboxylic acids is 3. The Morgan fingerprint density at radius 3 is 2.22 bits per heavy atom. The average molecular weight is 697 g/mol. The van der Waals surface area contributed by atoms with Gasteiger partial charge < -0.3 is 44.8 Å². The predicted octanol–water partition coefficient (Wildman–Crippen LogP) is 3.05. The van der Waals surface area contributed by atoms with Crippen LogP contribution in [0.1, 0.15) is 79.1 Å². The van der Waals surface area contributed by atoms with Gasteiger partial charge in [-0.05, 0) is 47.4 Å². The SMILES string of the molecule is CC(=O)Oc1cc(CO)c2c(c1/C=C/c1ccccc1)C(=O)c1cc(O[C@H]3O[C@@H](C)[C@@H](O)[C@@H](O)[C@H]3O)c(Cc3cccc(CO)c3)c(O)c1C2=O. The number of phenols is 1. The number of ether oxygens (including phenoxy) is 3. The number of carbonyl (C=O) groups is 3. The number of aromatic hydroxyl groups is 1. The molecule has 1 fully saturated rings. The zero-order chi connectivity index (χ0) is 36.6. The molecule has 1 saturated heterocycles. The van der Waals surface area contributed by atoms with Crippen LogP contribution < -0.4 is 9.47 Å². The lowest BCUT2D eigenvalue weighted by molar-refractivity contribution is -0.268. The minimum absolute atomic E-state index is 0.0145. The van der Waals surface area contributed by atoms with Crippen molar-refractivity contribution >= 4 is 29.7 Å². The second-order valence-electron chi connectivity index (χ2n) is 12.4. The Labute approximate surface area is 292 Å². The Morgan fingerprint density at radius 1 is 0.804 bits per heavy atom. The molecule has 0 bridgehead atoms. The van der Waals surface area contributed by atoms with Crippen molar-refractivity contribution in [1.29, 1.82) is 0 Å². The van der Waals surface area contributed by atoms with E-state index in [1.165, 1.54) is 32.1 Å². The van der Waals surface area contributed by atoms with Crippen LogP contribution in [0.15, 0.2) is 66.7 Å². The summed E-state index contributed by atoms with van der Waals surface area (Å²) in [5.41, 5.74) is 0.942. The molecule has 4 aromatic rings. The van der Waals surface area contributed by atoms with Crippen LogP contribution in [0.4, 0.5) is 0 Å². The molecule has 12 nitrogen and oxygen atoms in total. The van der Waals surface area contributed by atoms with Crippen molar-refractivity contribution in [3.63, 3.8) is 0 Å². The lowest BCUT2D eigenvalue weighted by atomic mass is 9.77. The number of aliphatic hydroxyl groups is 5. The number of fused-ring (bicyclic) bond motifs is 2. The van der Waals surface area contributed by atoms with Crippen LogP contribution in [-0.2, 0) is 29.2 Å². The van der Waals surface area contributed by atoms with Gasteiger partial charge in [0.2, 0.25) is 6.29 Å². The van der Waals surface area contributed by atoms with Gasteiger partial charge >= 0.3 is 5.97 Å². The highest BCUT2D eigenvalue weighted by molar-refractivity contribution is 6.31. The summed E-state index contributed by atoms with van der Waals surface area (Å²) in [6.45, 7) is 1.66. The Kier molecular flexibility index (Phi) is 10.2. The Morgan fingerprint density at radius 2 is 1.53 bits per heavy atom. The van der Waals surface area contributed by atoms with E-state index in [0.717, 1.165) is 5.56 Å². The summed E-state index contributed by atoms with van der Waals surface area (Å²) in [6, 6.07) is 18.3. The van der Waals surface area contributed by atoms with Crippen molar-refractivity contribution in [2.75, 3.05) is 0 Å². The van der Waals surface area contributed by atoms with Gasteiger partial charge in [-0.15, -0.1) is 0 Å². The van der Waals surface area contributed by atoms with Crippen LogP contribution in [0, 0.1) is 0 Å². The predicted molar refractivity (Wildman–Crippen MR) is 182 cm³/mol. The second kappa shape index (κ2) is 14.6. The van der Waals surface area contributed by atoms with Gasteiger partial charge in [-0.1, -0.05) is 60.7 Å². The fraction of sp³-hybridized carbons (Fsp3) is 0.256. The molecule has 0 aromatic heterocycles. The first-order valence-electron chi connectivity index (χ1n) is 16.2. The number of aliphatic hydroxyl groups excluding tert-OH is 5. The molecule has 0 amide bonds. The van der Waals surface area contributed by atoms with Crippen molar-refractivity contribution in [1.82, 2.24) is 0 Å². The molecule has 1 aliphatic heterocycles. The Hall–Kier alpha value is -5.21. The molecule has 0 radical (unpaired) electrons. The summed E-state index contributed by atoms with van der Waals surface area (Å²) in [6.07, 6.45) is -4.27. The van der Waals surface area contributed by atoms with Crippen LogP contribution in [0.2, 0.25) is 0 Å². The number of benzene rings is 4. The third-order valence-corrected chi connectivity index (χ3v) is 8.97. The first-order valence-corrected chi connectivity index (χ1v) is 16.2. The van der Waals surface area contributed by atoms with Crippen molar-refractivity contribution in [2.24, 2.45) is 0 Å². The topological polar surface area (TPSA) is 200 Å². The first kappa shape index (κ1) is 35.6. The molecule has 264 valence electrons. The molecule has 0 spiro atoms. The summed E-state index contributed by atoms with van der Waals surface area (Å²) in [7, 11) is 0. The summed E-state index contributed by atoms with van der Waals surface area (Å²) in [4.78, 5) is 41.2. The maximum Gasteiger partial charge on any atom is 0.308 e. The molecular formula is C39H36O12. The largest absolute Gasteiger partial charge is 0.507 e. The molecular weight excluding hydrogens is 660 g/mol. The molecule has 4 aromatic carbocycles. The highest BCUT2D eigenvalue weighted by Crippen LogP contribution is 2.45. The molecule has 0 saturated carbocycles. The van der Waals surface area contributed by atoms with Gasteiger partial charge in [-0.3, -0.25) is 14.4 Å². The molecule has 5 atom stereocenters. The number of rotatable bonds is 9. The quantitative estimate of drug-likeness (QED) is 0.0749. The monoisotopic (exact) mass is 696 g/mol. The van der Waals surface area contributed by atoms with E-state index in [-0.39, 0.29) is 63.5 Å². The zero-order valence-corrected chi connectivity index (χ0v) is 27.6. The third-order valence-electron chi connectivity index (χ3n) is 8.97. The van der Waals surface area contributed by atoms with Crippen molar-refractivity contribution in [2.45, 2.75) is 64.2 Å². The average Bonchev–Trinajstić information content (AvgIpc) is 3.12. The van der Waals surface area contributed by atoms with Crippen LogP contribution in [0.3, 0.4) is 0 Å². The molecule has 1 heterocycles. The van der Waals surface area contributed by atoms with E-state index in [0.29, 0.717) is 11.1 Å². The fourth-order valence-corrected chi connectivity index (χ4v) is 6.40. The van der Waals surface area contributed by atoms with Gasteiger partial charge in [-0.25, -0.2) is 0 Å². The molecule has 51 heavy (non-hydrogen) atoms. The Balaban J connectivity index is 1.56. The van der Waals surface area contributed by atoms with Gasteiger partial charge in [-0.2, -0.15) is 0 Å². The lowest BCUT2D eigenvalue weighted by Gasteiger charge is -2.39. The minimum atomic E-state index is -1.74. The van der Waals surface area contributed by atoms with E-state index in [2.05, 4.69) is 0 Å². The lowest BCUT2D eigenvalue weighted by Crippen LogP contribution is -2.58. The first-order chi connectivity index (χ1) is 24.4. The van der Waals surface area contributed by atoms with Gasteiger partial charge in [0.25, 0.3) is 0 Å². The number of ketones is 2. The summed E-state index contributed by atoms with van der Waals surface area (Å²) < 4.78 is 17.2. The molecule has 0 unspecified atom stereocenters. The highest BCUT2D eigenvalue weighted by atomic mass is 16.7. The van der Waals surface area contributed by atoms with Crippen molar-refractivity contribution in [3.8, 4) is 17.2 Å². The molecule has 1 aliphatic carbocycles. The minimum Gasteiger partial charge on any atom is -0.507 e. The number of phenolic OH excluding ortho intramolecular Hbond substituents is 1. The van der Waals surface area contributed by atoms with E-state index in [1.807, 2.05) is 6.07 Å². The van der Waals surface area contributed by atoms with Crippen molar-refractivity contribution in [3.05, 3.63) is 122 Å².